The Morgan fingerprint density at radius 2 is 1.86 bits per heavy atom. The van der Waals surface area contributed by atoms with E-state index in [2.05, 4.69) is 46.2 Å². The Bertz CT molecular complexity index is 662. The smallest absolute Gasteiger partial charge is 0.0681 e. The number of fused-ring (bicyclic) bond motifs is 3. The summed E-state index contributed by atoms with van der Waals surface area (Å²) < 4.78 is 10.3. The van der Waals surface area contributed by atoms with Gasteiger partial charge in [0.05, 0.1) is 24.6 Å². The van der Waals surface area contributed by atoms with E-state index in [9.17, 15) is 0 Å². The van der Waals surface area contributed by atoms with Gasteiger partial charge in [-0.15, -0.1) is 0 Å². The van der Waals surface area contributed by atoms with Crippen LogP contribution in [0.2, 0.25) is 0 Å². The minimum atomic E-state index is 0.870. The first-order valence-electron chi connectivity index (χ1n) is 7.89. The van der Waals surface area contributed by atoms with Crippen molar-refractivity contribution in [3.8, 4) is 11.4 Å². The predicted molar refractivity (Wildman–Crippen MR) is 83.4 cm³/mol. The first-order valence-corrected chi connectivity index (χ1v) is 7.89. The van der Waals surface area contributed by atoms with Gasteiger partial charge in [0.15, 0.2) is 0 Å². The molecule has 0 radical (unpaired) electrons. The number of nitrogens with zero attached hydrogens (tertiary/aromatic N) is 3. The standard InChI is InChI=1S/C17H23N3O/c1-13-3-4-16-17-14(2)15(11-18-7-9-21-10-8-18)12-19(17)5-6-20(13)16/h3-4,12H,5-11H2,1-2H3. The molecule has 2 aromatic rings. The van der Waals surface area contributed by atoms with Gasteiger partial charge >= 0.3 is 0 Å². The number of aromatic nitrogens is 2. The summed E-state index contributed by atoms with van der Waals surface area (Å²) in [5.74, 6) is 0. The molecule has 0 aliphatic carbocycles. The fraction of sp³-hybridized carbons (Fsp3) is 0.529. The maximum atomic E-state index is 5.45. The summed E-state index contributed by atoms with van der Waals surface area (Å²) in [5.41, 5.74) is 7.08. The highest BCUT2D eigenvalue weighted by Gasteiger charge is 2.23. The Hall–Kier alpha value is -1.52. The van der Waals surface area contributed by atoms with Crippen molar-refractivity contribution < 1.29 is 4.74 Å². The largest absolute Gasteiger partial charge is 0.379 e. The van der Waals surface area contributed by atoms with Crippen molar-refractivity contribution >= 4 is 0 Å². The number of ether oxygens (including phenoxy) is 1. The minimum Gasteiger partial charge on any atom is -0.379 e. The van der Waals surface area contributed by atoms with Crippen molar-refractivity contribution in [3.05, 3.63) is 35.2 Å². The van der Waals surface area contributed by atoms with Crippen molar-refractivity contribution in [1.82, 2.24) is 14.0 Å². The highest BCUT2D eigenvalue weighted by molar-refractivity contribution is 5.64. The van der Waals surface area contributed by atoms with Gasteiger partial charge in [0, 0.05) is 44.6 Å². The molecule has 1 fully saturated rings. The molecule has 0 aromatic carbocycles. The first kappa shape index (κ1) is 13.2. The second kappa shape index (κ2) is 5.04. The Morgan fingerprint density at radius 3 is 2.67 bits per heavy atom. The van der Waals surface area contributed by atoms with Crippen LogP contribution in [0.4, 0.5) is 0 Å². The molecule has 4 heterocycles. The zero-order chi connectivity index (χ0) is 14.4. The second-order valence-corrected chi connectivity index (χ2v) is 6.22. The van der Waals surface area contributed by atoms with Gasteiger partial charge < -0.3 is 13.9 Å². The summed E-state index contributed by atoms with van der Waals surface area (Å²) in [6.45, 7) is 11.5. The van der Waals surface area contributed by atoms with Crippen LogP contribution in [0.1, 0.15) is 16.8 Å². The Kier molecular flexibility index (Phi) is 3.16. The van der Waals surface area contributed by atoms with E-state index in [1.54, 1.807) is 0 Å². The summed E-state index contributed by atoms with van der Waals surface area (Å²) in [4.78, 5) is 2.50. The van der Waals surface area contributed by atoms with E-state index in [0.29, 0.717) is 0 Å². The number of hydrogen-bond donors (Lipinski definition) is 0. The molecule has 0 bridgehead atoms. The SMILES string of the molecule is Cc1c(CN2CCOCC2)cn2c1-c1ccc(C)n1CC2. The van der Waals surface area contributed by atoms with Crippen LogP contribution < -0.4 is 0 Å². The maximum absolute atomic E-state index is 5.45. The fourth-order valence-electron chi connectivity index (χ4n) is 3.67. The molecule has 1 saturated heterocycles. The van der Waals surface area contributed by atoms with Gasteiger partial charge in [-0.3, -0.25) is 4.90 Å². The third kappa shape index (κ3) is 2.14. The Morgan fingerprint density at radius 1 is 1.05 bits per heavy atom. The van der Waals surface area contributed by atoms with Crippen LogP contribution in [0.3, 0.4) is 0 Å². The van der Waals surface area contributed by atoms with Crippen LogP contribution in [0, 0.1) is 13.8 Å². The molecule has 4 nitrogen and oxygen atoms in total. The Balaban J connectivity index is 1.68. The summed E-state index contributed by atoms with van der Waals surface area (Å²) in [6.07, 6.45) is 2.37. The number of aryl methyl sites for hydroxylation is 2. The van der Waals surface area contributed by atoms with Gasteiger partial charge in [-0.1, -0.05) is 0 Å². The summed E-state index contributed by atoms with van der Waals surface area (Å²) >= 11 is 0. The molecule has 2 aromatic heterocycles. The van der Waals surface area contributed by atoms with Gasteiger partial charge in [0.2, 0.25) is 0 Å². The molecule has 0 unspecified atom stereocenters. The predicted octanol–water partition coefficient (Wildman–Crippen LogP) is 2.42. The molecule has 4 heteroatoms. The molecule has 2 aliphatic heterocycles. The zero-order valence-corrected chi connectivity index (χ0v) is 12.9. The molecule has 4 rings (SSSR count). The molecular formula is C17H23N3O. The fourth-order valence-corrected chi connectivity index (χ4v) is 3.67. The van der Waals surface area contributed by atoms with E-state index in [0.717, 1.165) is 45.9 Å². The molecule has 112 valence electrons. The van der Waals surface area contributed by atoms with Crippen molar-refractivity contribution in [2.75, 3.05) is 26.3 Å². The quantitative estimate of drug-likeness (QED) is 0.845. The van der Waals surface area contributed by atoms with Gasteiger partial charge in [-0.2, -0.15) is 0 Å². The van der Waals surface area contributed by atoms with E-state index >= 15 is 0 Å². The van der Waals surface area contributed by atoms with Gasteiger partial charge in [-0.25, -0.2) is 0 Å². The summed E-state index contributed by atoms with van der Waals surface area (Å²) in [6, 6.07) is 4.50. The molecule has 0 atom stereocenters. The molecule has 0 amide bonds. The third-order valence-corrected chi connectivity index (χ3v) is 4.94. The lowest BCUT2D eigenvalue weighted by atomic mass is 10.1. The highest BCUT2D eigenvalue weighted by Crippen LogP contribution is 2.33. The monoisotopic (exact) mass is 285 g/mol. The van der Waals surface area contributed by atoms with E-state index in [1.165, 1.54) is 28.2 Å². The Labute approximate surface area is 125 Å². The van der Waals surface area contributed by atoms with Crippen LogP contribution in [0.25, 0.3) is 11.4 Å². The van der Waals surface area contributed by atoms with E-state index < -0.39 is 0 Å². The van der Waals surface area contributed by atoms with Crippen LogP contribution in [0.15, 0.2) is 18.3 Å². The number of rotatable bonds is 2. The minimum absolute atomic E-state index is 0.870. The average Bonchev–Trinajstić information content (AvgIpc) is 3.02. The third-order valence-electron chi connectivity index (χ3n) is 4.94. The lowest BCUT2D eigenvalue weighted by Crippen LogP contribution is -2.35. The first-order chi connectivity index (χ1) is 10.2. The lowest BCUT2D eigenvalue weighted by molar-refractivity contribution is 0.0341. The number of hydrogen-bond acceptors (Lipinski definition) is 2. The van der Waals surface area contributed by atoms with E-state index in [1.807, 2.05) is 0 Å². The summed E-state index contributed by atoms with van der Waals surface area (Å²) in [7, 11) is 0. The van der Waals surface area contributed by atoms with Crippen molar-refractivity contribution in [2.24, 2.45) is 0 Å². The molecule has 0 saturated carbocycles. The van der Waals surface area contributed by atoms with Gasteiger partial charge in [0.25, 0.3) is 0 Å². The molecule has 21 heavy (non-hydrogen) atoms. The van der Waals surface area contributed by atoms with Crippen molar-refractivity contribution in [1.29, 1.82) is 0 Å². The summed E-state index contributed by atoms with van der Waals surface area (Å²) in [5, 5.41) is 0. The normalized spacial score (nSPS) is 18.6. The van der Waals surface area contributed by atoms with Crippen LogP contribution in [-0.2, 0) is 24.4 Å². The van der Waals surface area contributed by atoms with E-state index in [-0.39, 0.29) is 0 Å². The number of morpholine rings is 1. The van der Waals surface area contributed by atoms with Crippen LogP contribution in [0.5, 0.6) is 0 Å². The second-order valence-electron chi connectivity index (χ2n) is 6.22. The molecule has 2 aliphatic rings. The molecular weight excluding hydrogens is 262 g/mol. The van der Waals surface area contributed by atoms with Crippen LogP contribution in [-0.4, -0.2) is 40.3 Å². The highest BCUT2D eigenvalue weighted by atomic mass is 16.5. The van der Waals surface area contributed by atoms with Crippen LogP contribution >= 0.6 is 0 Å². The molecule has 0 N–H and O–H groups in total. The zero-order valence-electron chi connectivity index (χ0n) is 12.9. The van der Waals surface area contributed by atoms with Crippen molar-refractivity contribution in [3.63, 3.8) is 0 Å². The van der Waals surface area contributed by atoms with Crippen molar-refractivity contribution in [2.45, 2.75) is 33.5 Å². The van der Waals surface area contributed by atoms with Gasteiger partial charge in [-0.05, 0) is 37.1 Å². The average molecular weight is 285 g/mol. The van der Waals surface area contributed by atoms with Gasteiger partial charge in [0.1, 0.15) is 0 Å². The van der Waals surface area contributed by atoms with E-state index in [4.69, 9.17) is 4.74 Å². The lowest BCUT2D eigenvalue weighted by Gasteiger charge is -2.26. The molecule has 0 spiro atoms. The maximum Gasteiger partial charge on any atom is 0.0681 e. The topological polar surface area (TPSA) is 22.3 Å².